The first-order chi connectivity index (χ1) is 12.7. The standard InChI is InChI=1S/C25H46N.BrH/c1-4-5-6-7-8-9-10-11-12-13-14-15-16-17-18-19-20-26-22-24(2)21-25(3)23-26;/h21-23H,4-20H2,1-3H3;1H/q+1;/p-1. The van der Waals surface area contributed by atoms with E-state index in [2.05, 4.69) is 43.8 Å². The van der Waals surface area contributed by atoms with Crippen molar-refractivity contribution < 1.29 is 21.5 Å². The number of hydrogen-bond donors (Lipinski definition) is 0. The van der Waals surface area contributed by atoms with Crippen molar-refractivity contribution in [1.29, 1.82) is 0 Å². The molecule has 2 heteroatoms. The van der Waals surface area contributed by atoms with Crippen LogP contribution in [-0.4, -0.2) is 0 Å². The molecule has 0 aliphatic carbocycles. The fourth-order valence-electron chi connectivity index (χ4n) is 3.97. The van der Waals surface area contributed by atoms with Crippen LogP contribution in [0.2, 0.25) is 0 Å². The zero-order valence-corrected chi connectivity index (χ0v) is 20.2. The molecule has 0 unspecified atom stereocenters. The molecule has 0 amide bonds. The number of rotatable bonds is 17. The first-order valence-electron chi connectivity index (χ1n) is 11.7. The van der Waals surface area contributed by atoms with Crippen LogP contribution in [-0.2, 0) is 6.54 Å². The molecule has 0 radical (unpaired) electrons. The van der Waals surface area contributed by atoms with Gasteiger partial charge in [0.1, 0.15) is 6.54 Å². The molecule has 0 saturated heterocycles. The van der Waals surface area contributed by atoms with E-state index >= 15 is 0 Å². The molecular formula is C25H46BrN. The van der Waals surface area contributed by atoms with Crippen LogP contribution in [0.5, 0.6) is 0 Å². The Bertz CT molecular complexity index is 424. The van der Waals surface area contributed by atoms with Crippen LogP contribution >= 0.6 is 0 Å². The molecule has 0 atom stereocenters. The van der Waals surface area contributed by atoms with Crippen LogP contribution in [0.15, 0.2) is 18.5 Å². The highest BCUT2D eigenvalue weighted by Gasteiger charge is 2.02. The van der Waals surface area contributed by atoms with Crippen molar-refractivity contribution in [3.05, 3.63) is 29.6 Å². The lowest BCUT2D eigenvalue weighted by Gasteiger charge is -2.03. The molecule has 1 heterocycles. The minimum Gasteiger partial charge on any atom is -1.00 e. The molecule has 0 bridgehead atoms. The SMILES string of the molecule is CCCCCCCCCCCCCCCCCC[n+]1cc(C)cc(C)c1.[Br-]. The third-order valence-electron chi connectivity index (χ3n) is 5.46. The average Bonchev–Trinajstić information content (AvgIpc) is 2.60. The van der Waals surface area contributed by atoms with E-state index < -0.39 is 0 Å². The van der Waals surface area contributed by atoms with Crippen LogP contribution in [0.25, 0.3) is 0 Å². The van der Waals surface area contributed by atoms with Gasteiger partial charge in [-0.05, 0) is 26.3 Å². The normalized spacial score (nSPS) is 10.8. The van der Waals surface area contributed by atoms with Crippen LogP contribution in [0.1, 0.15) is 121 Å². The lowest BCUT2D eigenvalue weighted by atomic mass is 10.0. The van der Waals surface area contributed by atoms with Gasteiger partial charge in [-0.15, -0.1) is 0 Å². The van der Waals surface area contributed by atoms with Crippen molar-refractivity contribution in [2.75, 3.05) is 0 Å². The Morgan fingerprint density at radius 1 is 0.556 bits per heavy atom. The predicted octanol–water partition coefficient (Wildman–Crippen LogP) is 4.86. The summed E-state index contributed by atoms with van der Waals surface area (Å²) in [6, 6.07) is 2.25. The van der Waals surface area contributed by atoms with E-state index in [0.29, 0.717) is 0 Å². The highest BCUT2D eigenvalue weighted by Crippen LogP contribution is 2.13. The number of nitrogens with zero attached hydrogens (tertiary/aromatic N) is 1. The number of pyridine rings is 1. The lowest BCUT2D eigenvalue weighted by molar-refractivity contribution is -0.698. The first-order valence-corrected chi connectivity index (χ1v) is 11.7. The number of aromatic nitrogens is 1. The fourth-order valence-corrected chi connectivity index (χ4v) is 3.97. The average molecular weight is 441 g/mol. The van der Waals surface area contributed by atoms with Crippen LogP contribution in [0.4, 0.5) is 0 Å². The van der Waals surface area contributed by atoms with Gasteiger partial charge < -0.3 is 17.0 Å². The van der Waals surface area contributed by atoms with Crippen LogP contribution in [0.3, 0.4) is 0 Å². The second-order valence-corrected chi connectivity index (χ2v) is 8.43. The summed E-state index contributed by atoms with van der Waals surface area (Å²) in [6.07, 6.45) is 27.6. The molecule has 27 heavy (non-hydrogen) atoms. The molecule has 1 aromatic heterocycles. The maximum absolute atomic E-state index is 2.37. The maximum atomic E-state index is 2.37. The largest absolute Gasteiger partial charge is 1.00 e. The third kappa shape index (κ3) is 16.3. The molecule has 0 aromatic carbocycles. The highest BCUT2D eigenvalue weighted by atomic mass is 79.9. The van der Waals surface area contributed by atoms with Gasteiger partial charge in [0.25, 0.3) is 0 Å². The van der Waals surface area contributed by atoms with Crippen molar-refractivity contribution in [3.8, 4) is 0 Å². The Labute approximate surface area is 181 Å². The van der Waals surface area contributed by atoms with Crippen molar-refractivity contribution in [2.45, 2.75) is 130 Å². The van der Waals surface area contributed by atoms with E-state index in [4.69, 9.17) is 0 Å². The minimum absolute atomic E-state index is 0. The summed E-state index contributed by atoms with van der Waals surface area (Å²) in [7, 11) is 0. The summed E-state index contributed by atoms with van der Waals surface area (Å²) >= 11 is 0. The van der Waals surface area contributed by atoms with Crippen molar-refractivity contribution in [1.82, 2.24) is 0 Å². The minimum atomic E-state index is 0. The van der Waals surface area contributed by atoms with E-state index in [1.165, 1.54) is 120 Å². The Kier molecular flexibility index (Phi) is 18.7. The van der Waals surface area contributed by atoms with Gasteiger partial charge in [0.05, 0.1) is 0 Å². The van der Waals surface area contributed by atoms with Gasteiger partial charge in [0.15, 0.2) is 12.4 Å². The van der Waals surface area contributed by atoms with Gasteiger partial charge >= 0.3 is 0 Å². The lowest BCUT2D eigenvalue weighted by Crippen LogP contribution is -3.00. The second kappa shape index (κ2) is 19.0. The Morgan fingerprint density at radius 2 is 0.889 bits per heavy atom. The Balaban J connectivity index is 0.00000676. The van der Waals surface area contributed by atoms with E-state index in [1.54, 1.807) is 0 Å². The molecule has 0 saturated carbocycles. The predicted molar refractivity (Wildman–Crippen MR) is 116 cm³/mol. The number of halogens is 1. The third-order valence-corrected chi connectivity index (χ3v) is 5.46. The number of unbranched alkanes of at least 4 members (excludes halogenated alkanes) is 15. The number of aryl methyl sites for hydroxylation is 3. The molecule has 1 rings (SSSR count). The molecule has 158 valence electrons. The van der Waals surface area contributed by atoms with E-state index in [-0.39, 0.29) is 17.0 Å². The molecule has 1 nitrogen and oxygen atoms in total. The molecule has 0 fully saturated rings. The van der Waals surface area contributed by atoms with Crippen LogP contribution in [0, 0.1) is 13.8 Å². The smallest absolute Gasteiger partial charge is 0.171 e. The van der Waals surface area contributed by atoms with Gasteiger partial charge in [-0.1, -0.05) is 96.8 Å². The molecule has 0 N–H and O–H groups in total. The number of hydrogen-bond acceptors (Lipinski definition) is 0. The highest BCUT2D eigenvalue weighted by molar-refractivity contribution is 5.11. The molecule has 1 aromatic rings. The zero-order valence-electron chi connectivity index (χ0n) is 18.6. The Morgan fingerprint density at radius 3 is 1.26 bits per heavy atom. The monoisotopic (exact) mass is 439 g/mol. The quantitative estimate of drug-likeness (QED) is 0.241. The van der Waals surface area contributed by atoms with Crippen molar-refractivity contribution in [3.63, 3.8) is 0 Å². The zero-order chi connectivity index (χ0) is 18.9. The topological polar surface area (TPSA) is 3.88 Å². The summed E-state index contributed by atoms with van der Waals surface area (Å²) in [5.74, 6) is 0. The van der Waals surface area contributed by atoms with E-state index in [9.17, 15) is 0 Å². The summed E-state index contributed by atoms with van der Waals surface area (Å²) in [5.41, 5.74) is 2.75. The van der Waals surface area contributed by atoms with Crippen molar-refractivity contribution in [2.24, 2.45) is 0 Å². The Hall–Kier alpha value is -0.370. The van der Waals surface area contributed by atoms with Crippen LogP contribution < -0.4 is 21.5 Å². The van der Waals surface area contributed by atoms with E-state index in [1.807, 2.05) is 0 Å². The summed E-state index contributed by atoms with van der Waals surface area (Å²) in [6.45, 7) is 7.86. The molecule has 0 aliphatic heterocycles. The molecule has 0 aliphatic rings. The van der Waals surface area contributed by atoms with Gasteiger partial charge in [0.2, 0.25) is 0 Å². The van der Waals surface area contributed by atoms with Gasteiger partial charge in [-0.25, -0.2) is 4.57 Å². The molecular weight excluding hydrogens is 394 g/mol. The van der Waals surface area contributed by atoms with E-state index in [0.717, 1.165) is 0 Å². The summed E-state index contributed by atoms with van der Waals surface area (Å²) in [4.78, 5) is 0. The van der Waals surface area contributed by atoms with Crippen molar-refractivity contribution >= 4 is 0 Å². The van der Waals surface area contributed by atoms with Gasteiger partial charge in [-0.3, -0.25) is 0 Å². The second-order valence-electron chi connectivity index (χ2n) is 8.43. The maximum Gasteiger partial charge on any atom is 0.171 e. The summed E-state index contributed by atoms with van der Waals surface area (Å²) in [5, 5.41) is 0. The first kappa shape index (κ1) is 26.6. The fraction of sp³-hybridized carbons (Fsp3) is 0.800. The summed E-state index contributed by atoms with van der Waals surface area (Å²) < 4.78 is 2.37. The molecule has 0 spiro atoms. The van der Waals surface area contributed by atoms with Gasteiger partial charge in [0, 0.05) is 17.5 Å². The van der Waals surface area contributed by atoms with Gasteiger partial charge in [-0.2, -0.15) is 0 Å².